The van der Waals surface area contributed by atoms with Crippen LogP contribution in [0.1, 0.15) is 12.6 Å². The smallest absolute Gasteiger partial charge is 0.135 e. The van der Waals surface area contributed by atoms with E-state index in [-0.39, 0.29) is 5.78 Å². The third-order valence-corrected chi connectivity index (χ3v) is 2.94. The number of carbonyl (C=O) groups is 1. The van der Waals surface area contributed by atoms with Gasteiger partial charge in [0.15, 0.2) is 0 Å². The molecular weight excluding hydrogens is 245 g/mol. The van der Waals surface area contributed by atoms with Gasteiger partial charge in [0.25, 0.3) is 0 Å². The molecule has 16 heavy (non-hydrogen) atoms. The first-order chi connectivity index (χ1) is 7.56. The molecule has 0 aliphatic heterocycles. The van der Waals surface area contributed by atoms with Crippen molar-refractivity contribution in [2.45, 2.75) is 13.3 Å². The minimum absolute atomic E-state index is 0.0897. The number of pyridine rings is 1. The van der Waals surface area contributed by atoms with Crippen LogP contribution in [0, 0.1) is 0 Å². The summed E-state index contributed by atoms with van der Waals surface area (Å²) in [6.07, 6.45) is 0.343. The van der Waals surface area contributed by atoms with E-state index < -0.39 is 0 Å². The predicted octanol–water partition coefficient (Wildman–Crippen LogP) is 3.67. The molecule has 2 aromatic rings. The molecule has 0 fully saturated rings. The van der Waals surface area contributed by atoms with Gasteiger partial charge in [-0.05, 0) is 25.1 Å². The van der Waals surface area contributed by atoms with Crippen molar-refractivity contribution in [1.29, 1.82) is 0 Å². The summed E-state index contributed by atoms with van der Waals surface area (Å²) in [6, 6.07) is 7.20. The Morgan fingerprint density at radius 1 is 1.25 bits per heavy atom. The predicted molar refractivity (Wildman–Crippen MR) is 66.1 cm³/mol. The first-order valence-electron chi connectivity index (χ1n) is 4.80. The van der Waals surface area contributed by atoms with Crippen molar-refractivity contribution in [2.24, 2.45) is 0 Å². The molecule has 1 aromatic heterocycles. The standard InChI is InChI=1S/C12H9Cl2NO/c1-7(16)4-9-3-2-8-5-10(13)11(14)6-12(8)15-9/h2-3,5-6H,4H2,1H3. The van der Waals surface area contributed by atoms with Crippen molar-refractivity contribution in [3.05, 3.63) is 40.0 Å². The van der Waals surface area contributed by atoms with Gasteiger partial charge in [-0.3, -0.25) is 9.78 Å². The fourth-order valence-electron chi connectivity index (χ4n) is 1.51. The fourth-order valence-corrected chi connectivity index (χ4v) is 1.84. The zero-order valence-corrected chi connectivity index (χ0v) is 10.1. The molecule has 4 heteroatoms. The Balaban J connectivity index is 2.53. The molecule has 0 unspecified atom stereocenters. The van der Waals surface area contributed by atoms with E-state index in [4.69, 9.17) is 23.2 Å². The molecule has 0 N–H and O–H groups in total. The van der Waals surface area contributed by atoms with Gasteiger partial charge < -0.3 is 0 Å². The van der Waals surface area contributed by atoms with Crippen LogP contribution in [0.15, 0.2) is 24.3 Å². The van der Waals surface area contributed by atoms with Gasteiger partial charge in [-0.15, -0.1) is 0 Å². The van der Waals surface area contributed by atoms with E-state index in [1.165, 1.54) is 0 Å². The first-order valence-corrected chi connectivity index (χ1v) is 5.56. The molecule has 82 valence electrons. The number of ketones is 1. The summed E-state index contributed by atoms with van der Waals surface area (Å²) in [4.78, 5) is 15.3. The average molecular weight is 254 g/mol. The highest BCUT2D eigenvalue weighted by Gasteiger charge is 2.04. The van der Waals surface area contributed by atoms with Gasteiger partial charge in [0, 0.05) is 17.5 Å². The van der Waals surface area contributed by atoms with Gasteiger partial charge in [-0.25, -0.2) is 0 Å². The van der Waals surface area contributed by atoms with Gasteiger partial charge in [0.1, 0.15) is 5.78 Å². The zero-order chi connectivity index (χ0) is 11.7. The third kappa shape index (κ3) is 2.34. The van der Waals surface area contributed by atoms with Crippen LogP contribution in [0.2, 0.25) is 10.0 Å². The highest BCUT2D eigenvalue weighted by molar-refractivity contribution is 6.42. The molecule has 1 heterocycles. The van der Waals surface area contributed by atoms with E-state index in [9.17, 15) is 4.79 Å². The van der Waals surface area contributed by atoms with Gasteiger partial charge >= 0.3 is 0 Å². The van der Waals surface area contributed by atoms with Crippen molar-refractivity contribution in [1.82, 2.24) is 4.98 Å². The second-order valence-corrected chi connectivity index (χ2v) is 4.45. The normalized spacial score (nSPS) is 10.7. The van der Waals surface area contributed by atoms with Gasteiger partial charge in [-0.1, -0.05) is 29.3 Å². The van der Waals surface area contributed by atoms with Crippen molar-refractivity contribution in [2.75, 3.05) is 0 Å². The van der Waals surface area contributed by atoms with Crippen LogP contribution in [0.4, 0.5) is 0 Å². The lowest BCUT2D eigenvalue weighted by Gasteiger charge is -2.03. The van der Waals surface area contributed by atoms with Crippen LogP contribution in [0.25, 0.3) is 10.9 Å². The molecule has 2 rings (SSSR count). The van der Waals surface area contributed by atoms with Crippen molar-refractivity contribution in [3.8, 4) is 0 Å². The van der Waals surface area contributed by atoms with E-state index in [1.807, 2.05) is 12.1 Å². The number of benzene rings is 1. The van der Waals surface area contributed by atoms with Gasteiger partial charge in [0.2, 0.25) is 0 Å². The number of Topliss-reactive ketones (excluding diaryl/α,β-unsaturated/α-hetero) is 1. The summed E-state index contributed by atoms with van der Waals surface area (Å²) in [5.74, 6) is 0.0897. The maximum atomic E-state index is 11.0. The van der Waals surface area contributed by atoms with Crippen molar-refractivity contribution < 1.29 is 4.79 Å². The summed E-state index contributed by atoms with van der Waals surface area (Å²) >= 11 is 11.8. The Labute approximate surface area is 103 Å². The first kappa shape index (κ1) is 11.4. The number of aromatic nitrogens is 1. The Bertz CT molecular complexity index is 566. The molecule has 0 radical (unpaired) electrons. The van der Waals surface area contributed by atoms with E-state index in [0.29, 0.717) is 16.5 Å². The molecule has 0 atom stereocenters. The van der Waals surface area contributed by atoms with Crippen LogP contribution in [-0.2, 0) is 11.2 Å². The summed E-state index contributed by atoms with van der Waals surface area (Å²) in [5.41, 5.74) is 1.51. The zero-order valence-electron chi connectivity index (χ0n) is 8.63. The Kier molecular flexibility index (Phi) is 3.13. The average Bonchev–Trinajstić information content (AvgIpc) is 2.19. The highest BCUT2D eigenvalue weighted by atomic mass is 35.5. The topological polar surface area (TPSA) is 30.0 Å². The monoisotopic (exact) mass is 253 g/mol. The van der Waals surface area contributed by atoms with E-state index in [1.54, 1.807) is 19.1 Å². The van der Waals surface area contributed by atoms with E-state index in [0.717, 1.165) is 16.6 Å². The second kappa shape index (κ2) is 4.40. The van der Waals surface area contributed by atoms with E-state index >= 15 is 0 Å². The minimum atomic E-state index is 0.0897. The highest BCUT2D eigenvalue weighted by Crippen LogP contribution is 2.26. The number of rotatable bonds is 2. The SMILES string of the molecule is CC(=O)Cc1ccc2cc(Cl)c(Cl)cc2n1. The molecule has 0 saturated heterocycles. The fraction of sp³-hybridized carbons (Fsp3) is 0.167. The number of hydrogen-bond acceptors (Lipinski definition) is 2. The summed E-state index contributed by atoms with van der Waals surface area (Å²) in [7, 11) is 0. The van der Waals surface area contributed by atoms with Gasteiger partial charge in [-0.2, -0.15) is 0 Å². The summed E-state index contributed by atoms with van der Waals surface area (Å²) in [6.45, 7) is 1.54. The number of halogens is 2. The number of fused-ring (bicyclic) bond motifs is 1. The third-order valence-electron chi connectivity index (χ3n) is 2.22. The maximum Gasteiger partial charge on any atom is 0.135 e. The van der Waals surface area contributed by atoms with E-state index in [2.05, 4.69) is 4.98 Å². The molecular formula is C12H9Cl2NO. The lowest BCUT2D eigenvalue weighted by atomic mass is 10.1. The lowest BCUT2D eigenvalue weighted by Crippen LogP contribution is -1.98. The molecule has 0 aliphatic carbocycles. The van der Waals surface area contributed by atoms with Crippen LogP contribution < -0.4 is 0 Å². The Hall–Kier alpha value is -1.12. The number of hydrogen-bond donors (Lipinski definition) is 0. The molecule has 0 aliphatic rings. The Morgan fingerprint density at radius 3 is 2.62 bits per heavy atom. The van der Waals surface area contributed by atoms with Crippen molar-refractivity contribution >= 4 is 39.9 Å². The Morgan fingerprint density at radius 2 is 1.94 bits per heavy atom. The quantitative estimate of drug-likeness (QED) is 0.818. The maximum absolute atomic E-state index is 11.0. The number of carbonyl (C=O) groups excluding carboxylic acids is 1. The molecule has 0 bridgehead atoms. The molecule has 0 spiro atoms. The summed E-state index contributed by atoms with van der Waals surface area (Å²) in [5, 5.41) is 1.90. The lowest BCUT2D eigenvalue weighted by molar-refractivity contribution is -0.116. The molecule has 1 aromatic carbocycles. The molecule has 0 amide bonds. The van der Waals surface area contributed by atoms with Crippen LogP contribution >= 0.6 is 23.2 Å². The number of nitrogens with zero attached hydrogens (tertiary/aromatic N) is 1. The molecule has 0 saturated carbocycles. The van der Waals surface area contributed by atoms with Crippen LogP contribution in [-0.4, -0.2) is 10.8 Å². The molecule has 2 nitrogen and oxygen atoms in total. The van der Waals surface area contributed by atoms with Crippen LogP contribution in [0.3, 0.4) is 0 Å². The second-order valence-electron chi connectivity index (χ2n) is 3.64. The van der Waals surface area contributed by atoms with Crippen LogP contribution in [0.5, 0.6) is 0 Å². The minimum Gasteiger partial charge on any atom is -0.300 e. The summed E-state index contributed by atoms with van der Waals surface area (Å²) < 4.78 is 0. The van der Waals surface area contributed by atoms with Crippen molar-refractivity contribution in [3.63, 3.8) is 0 Å². The largest absolute Gasteiger partial charge is 0.300 e. The van der Waals surface area contributed by atoms with Gasteiger partial charge in [0.05, 0.1) is 15.6 Å².